The van der Waals surface area contributed by atoms with Crippen molar-refractivity contribution < 1.29 is 22.4 Å². The first-order valence-electron chi connectivity index (χ1n) is 6.11. The van der Waals surface area contributed by atoms with Gasteiger partial charge < -0.3 is 10.6 Å². The van der Waals surface area contributed by atoms with Crippen LogP contribution in [-0.2, 0) is 4.79 Å². The van der Waals surface area contributed by atoms with Gasteiger partial charge in [-0.15, -0.1) is 0 Å². The topological polar surface area (TPSA) is 41.1 Å². The van der Waals surface area contributed by atoms with Crippen LogP contribution in [0.4, 0.5) is 23.2 Å². The van der Waals surface area contributed by atoms with Gasteiger partial charge in [0.25, 0.3) is 0 Å². The van der Waals surface area contributed by atoms with Crippen molar-refractivity contribution in [3.05, 3.63) is 29.6 Å². The highest BCUT2D eigenvalue weighted by Gasteiger charge is 2.61. The Bertz CT molecular complexity index is 501. The molecule has 0 aliphatic carbocycles. The Morgan fingerprint density at radius 1 is 1.35 bits per heavy atom. The molecule has 0 radical (unpaired) electrons. The number of anilines is 1. The van der Waals surface area contributed by atoms with Crippen molar-refractivity contribution in [1.82, 2.24) is 5.32 Å². The molecule has 3 nitrogen and oxygen atoms in total. The quantitative estimate of drug-likeness (QED) is 0.822. The van der Waals surface area contributed by atoms with Gasteiger partial charge in [-0.05, 0) is 43.7 Å². The van der Waals surface area contributed by atoms with Gasteiger partial charge in [0.1, 0.15) is 5.82 Å². The minimum absolute atomic E-state index is 0.0306. The fourth-order valence-corrected chi connectivity index (χ4v) is 2.32. The lowest BCUT2D eigenvalue weighted by atomic mass is 9.85. The third kappa shape index (κ3) is 2.63. The van der Waals surface area contributed by atoms with Crippen LogP contribution < -0.4 is 10.6 Å². The lowest BCUT2D eigenvalue weighted by Crippen LogP contribution is -2.49. The summed E-state index contributed by atoms with van der Waals surface area (Å²) in [6, 6.07) is 3.65. The smallest absolute Gasteiger partial charge is 0.325 e. The van der Waals surface area contributed by atoms with Crippen LogP contribution in [0.25, 0.3) is 0 Å². The van der Waals surface area contributed by atoms with Crippen molar-refractivity contribution in [1.29, 1.82) is 0 Å². The number of halogens is 4. The normalized spacial score (nSPS) is 22.9. The van der Waals surface area contributed by atoms with Crippen molar-refractivity contribution >= 4 is 11.6 Å². The Morgan fingerprint density at radius 2 is 2.05 bits per heavy atom. The number of aryl methyl sites for hydroxylation is 1. The van der Waals surface area contributed by atoms with Crippen LogP contribution in [0.5, 0.6) is 0 Å². The van der Waals surface area contributed by atoms with E-state index < -0.39 is 29.9 Å². The second-order valence-corrected chi connectivity index (χ2v) is 4.98. The summed E-state index contributed by atoms with van der Waals surface area (Å²) in [5.74, 6) is -1.76. The van der Waals surface area contributed by atoms with Gasteiger partial charge in [0.15, 0.2) is 5.41 Å². The molecule has 1 atom stereocenters. The molecule has 0 aromatic heterocycles. The van der Waals surface area contributed by atoms with Gasteiger partial charge in [0.05, 0.1) is 0 Å². The predicted octanol–water partition coefficient (Wildman–Crippen LogP) is 2.61. The van der Waals surface area contributed by atoms with E-state index in [1.807, 2.05) is 0 Å². The van der Waals surface area contributed by atoms with E-state index in [1.54, 1.807) is 6.92 Å². The number of benzene rings is 1. The average molecular weight is 290 g/mol. The fraction of sp³-hybridized carbons (Fsp3) is 0.462. The van der Waals surface area contributed by atoms with Crippen LogP contribution in [0, 0.1) is 18.2 Å². The Balaban J connectivity index is 2.26. The number of carbonyl (C=O) groups excluding carboxylic acids is 1. The predicted molar refractivity (Wildman–Crippen MR) is 65.7 cm³/mol. The minimum Gasteiger partial charge on any atom is -0.325 e. The molecule has 110 valence electrons. The van der Waals surface area contributed by atoms with E-state index in [-0.39, 0.29) is 18.7 Å². The number of hydrogen-bond acceptors (Lipinski definition) is 2. The second kappa shape index (κ2) is 5.05. The van der Waals surface area contributed by atoms with E-state index in [4.69, 9.17) is 0 Å². The molecule has 20 heavy (non-hydrogen) atoms. The van der Waals surface area contributed by atoms with E-state index in [0.717, 1.165) is 6.07 Å². The molecule has 1 aromatic rings. The first-order valence-corrected chi connectivity index (χ1v) is 6.11. The Morgan fingerprint density at radius 3 is 2.55 bits per heavy atom. The van der Waals surface area contributed by atoms with Gasteiger partial charge in [-0.3, -0.25) is 4.79 Å². The molecule has 1 fully saturated rings. The highest BCUT2D eigenvalue weighted by atomic mass is 19.4. The molecule has 0 spiro atoms. The maximum atomic E-state index is 13.2. The molecule has 1 heterocycles. The fourth-order valence-electron chi connectivity index (χ4n) is 2.32. The molecule has 1 saturated heterocycles. The Hall–Kier alpha value is -1.63. The number of carbonyl (C=O) groups is 1. The molecule has 0 bridgehead atoms. The molecule has 2 N–H and O–H groups in total. The van der Waals surface area contributed by atoms with E-state index in [2.05, 4.69) is 10.6 Å². The highest BCUT2D eigenvalue weighted by molar-refractivity contribution is 5.96. The first kappa shape index (κ1) is 14.8. The van der Waals surface area contributed by atoms with Gasteiger partial charge >= 0.3 is 6.18 Å². The number of alkyl halides is 3. The third-order valence-electron chi connectivity index (χ3n) is 3.43. The van der Waals surface area contributed by atoms with Gasteiger partial charge in [0, 0.05) is 12.2 Å². The number of nitrogens with one attached hydrogen (secondary N) is 2. The molecule has 1 aliphatic heterocycles. The molecular weight excluding hydrogens is 276 g/mol. The lowest BCUT2D eigenvalue weighted by Gasteiger charge is -2.29. The zero-order chi connectivity index (χ0) is 15.0. The largest absolute Gasteiger partial charge is 0.404 e. The monoisotopic (exact) mass is 290 g/mol. The summed E-state index contributed by atoms with van der Waals surface area (Å²) in [6.45, 7) is 1.25. The summed E-state index contributed by atoms with van der Waals surface area (Å²) >= 11 is 0. The molecule has 1 aliphatic rings. The van der Waals surface area contributed by atoms with Crippen molar-refractivity contribution in [3.63, 3.8) is 0 Å². The summed E-state index contributed by atoms with van der Waals surface area (Å²) in [5.41, 5.74) is -1.90. The number of amides is 1. The molecule has 7 heteroatoms. The van der Waals surface area contributed by atoms with E-state index in [9.17, 15) is 22.4 Å². The molecule has 1 amide bonds. The Kier molecular flexibility index (Phi) is 3.73. The van der Waals surface area contributed by atoms with Crippen LogP contribution in [0.1, 0.15) is 12.0 Å². The molecule has 1 unspecified atom stereocenters. The van der Waals surface area contributed by atoms with Crippen LogP contribution in [-0.4, -0.2) is 25.2 Å². The van der Waals surface area contributed by atoms with Gasteiger partial charge in [-0.2, -0.15) is 13.2 Å². The highest BCUT2D eigenvalue weighted by Crippen LogP contribution is 2.43. The van der Waals surface area contributed by atoms with Crippen molar-refractivity contribution in [3.8, 4) is 0 Å². The summed E-state index contributed by atoms with van der Waals surface area (Å²) in [4.78, 5) is 12.0. The SMILES string of the molecule is Cc1cc(F)cc(NC(=O)C2(C(F)(F)F)CCNC2)c1. The van der Waals surface area contributed by atoms with E-state index >= 15 is 0 Å². The maximum absolute atomic E-state index is 13.2. The molecule has 1 aromatic carbocycles. The molecule has 0 saturated carbocycles. The number of rotatable bonds is 2. The minimum atomic E-state index is -4.65. The first-order chi connectivity index (χ1) is 9.24. The summed E-state index contributed by atoms with van der Waals surface area (Å²) in [7, 11) is 0. The van der Waals surface area contributed by atoms with Crippen molar-refractivity contribution in [2.24, 2.45) is 5.41 Å². The van der Waals surface area contributed by atoms with Crippen LogP contribution in [0.2, 0.25) is 0 Å². The standard InChI is InChI=1S/C13H14F4N2O/c1-8-4-9(14)6-10(5-8)19-11(20)12(13(15,16)17)2-3-18-7-12/h4-6,18H,2-3,7H2,1H3,(H,19,20). The summed E-state index contributed by atoms with van der Waals surface area (Å²) in [6.07, 6.45) is -4.97. The summed E-state index contributed by atoms with van der Waals surface area (Å²) in [5, 5.41) is 4.73. The van der Waals surface area contributed by atoms with Gasteiger partial charge in [-0.25, -0.2) is 4.39 Å². The maximum Gasteiger partial charge on any atom is 0.404 e. The van der Waals surface area contributed by atoms with Gasteiger partial charge in [0.2, 0.25) is 5.91 Å². The molecule has 2 rings (SSSR count). The number of hydrogen-bond donors (Lipinski definition) is 2. The zero-order valence-corrected chi connectivity index (χ0v) is 10.8. The van der Waals surface area contributed by atoms with Crippen molar-refractivity contribution in [2.45, 2.75) is 19.5 Å². The second-order valence-electron chi connectivity index (χ2n) is 4.98. The zero-order valence-electron chi connectivity index (χ0n) is 10.8. The lowest BCUT2D eigenvalue weighted by molar-refractivity contribution is -0.213. The average Bonchev–Trinajstić information content (AvgIpc) is 2.76. The Labute approximate surface area is 113 Å². The van der Waals surface area contributed by atoms with Crippen LogP contribution >= 0.6 is 0 Å². The van der Waals surface area contributed by atoms with Crippen LogP contribution in [0.3, 0.4) is 0 Å². The van der Waals surface area contributed by atoms with Crippen molar-refractivity contribution in [2.75, 3.05) is 18.4 Å². The van der Waals surface area contributed by atoms with E-state index in [0.29, 0.717) is 5.56 Å². The molecular formula is C13H14F4N2O. The van der Waals surface area contributed by atoms with Crippen LogP contribution in [0.15, 0.2) is 18.2 Å². The van der Waals surface area contributed by atoms with Gasteiger partial charge in [-0.1, -0.05) is 0 Å². The van der Waals surface area contributed by atoms with E-state index in [1.165, 1.54) is 12.1 Å². The summed E-state index contributed by atoms with van der Waals surface area (Å²) < 4.78 is 52.7. The third-order valence-corrected chi connectivity index (χ3v) is 3.43.